The Bertz CT molecular complexity index is 1010. The van der Waals surface area contributed by atoms with Crippen LogP contribution in [0, 0.1) is 0 Å². The molecule has 0 unspecified atom stereocenters. The first kappa shape index (κ1) is 18.7. The molecular formula is C20H17ClN2O4. The van der Waals surface area contributed by atoms with Crippen LogP contribution in [-0.4, -0.2) is 29.6 Å². The van der Waals surface area contributed by atoms with Crippen LogP contribution in [0.3, 0.4) is 0 Å². The molecule has 1 aromatic heterocycles. The van der Waals surface area contributed by atoms with E-state index in [1.807, 2.05) is 12.1 Å². The summed E-state index contributed by atoms with van der Waals surface area (Å²) in [5.41, 5.74) is 0.471. The van der Waals surface area contributed by atoms with E-state index in [9.17, 15) is 9.59 Å². The Hall–Kier alpha value is -3.12. The molecule has 1 heterocycles. The van der Waals surface area contributed by atoms with Gasteiger partial charge in [0.05, 0.1) is 20.8 Å². The predicted molar refractivity (Wildman–Crippen MR) is 102 cm³/mol. The van der Waals surface area contributed by atoms with Crippen molar-refractivity contribution in [3.05, 3.63) is 87.1 Å². The van der Waals surface area contributed by atoms with E-state index in [2.05, 4.69) is 4.98 Å². The van der Waals surface area contributed by atoms with Gasteiger partial charge in [0.2, 0.25) is 5.78 Å². The summed E-state index contributed by atoms with van der Waals surface area (Å²) in [5, 5.41) is 0.0694. The molecule has 0 fully saturated rings. The van der Waals surface area contributed by atoms with Gasteiger partial charge in [-0.3, -0.25) is 9.59 Å². The third-order valence-electron chi connectivity index (χ3n) is 4.02. The quantitative estimate of drug-likeness (QED) is 0.610. The van der Waals surface area contributed by atoms with E-state index in [4.69, 9.17) is 21.1 Å². The monoisotopic (exact) mass is 384 g/mol. The van der Waals surface area contributed by atoms with Crippen molar-refractivity contribution in [1.29, 1.82) is 0 Å². The molecule has 0 aliphatic heterocycles. The first-order chi connectivity index (χ1) is 13.0. The summed E-state index contributed by atoms with van der Waals surface area (Å²) in [6.45, 7) is 0.258. The molecule has 6 nitrogen and oxygen atoms in total. The lowest BCUT2D eigenvalue weighted by atomic mass is 10.1. The van der Waals surface area contributed by atoms with Crippen LogP contribution in [0.2, 0.25) is 5.15 Å². The van der Waals surface area contributed by atoms with Gasteiger partial charge in [0.15, 0.2) is 5.69 Å². The highest BCUT2D eigenvalue weighted by atomic mass is 35.5. The third-order valence-corrected chi connectivity index (χ3v) is 4.21. The lowest BCUT2D eigenvalue weighted by molar-refractivity contribution is 0.103. The predicted octanol–water partition coefficient (Wildman–Crippen LogP) is 3.19. The molecule has 0 atom stereocenters. The maximum Gasteiger partial charge on any atom is 0.280 e. The largest absolute Gasteiger partial charge is 0.497 e. The Balaban J connectivity index is 1.94. The number of hydrogen-bond donors (Lipinski definition) is 0. The van der Waals surface area contributed by atoms with E-state index in [0.29, 0.717) is 17.1 Å². The van der Waals surface area contributed by atoms with Crippen LogP contribution in [0.15, 0.2) is 59.5 Å². The topological polar surface area (TPSA) is 70.4 Å². The van der Waals surface area contributed by atoms with Crippen molar-refractivity contribution in [2.75, 3.05) is 14.2 Å². The molecular weight excluding hydrogens is 368 g/mol. The van der Waals surface area contributed by atoms with Crippen molar-refractivity contribution in [1.82, 2.24) is 9.55 Å². The normalized spacial score (nSPS) is 10.5. The molecule has 0 saturated heterocycles. The summed E-state index contributed by atoms with van der Waals surface area (Å²) in [6.07, 6.45) is 1.42. The number of hydrogen-bond acceptors (Lipinski definition) is 5. The van der Waals surface area contributed by atoms with E-state index in [1.165, 1.54) is 17.9 Å². The van der Waals surface area contributed by atoms with Crippen molar-refractivity contribution < 1.29 is 14.3 Å². The number of methoxy groups -OCH3 is 2. The average molecular weight is 385 g/mol. The molecule has 0 bridgehead atoms. The van der Waals surface area contributed by atoms with Crippen LogP contribution < -0.4 is 15.0 Å². The molecule has 0 aliphatic rings. The zero-order valence-electron chi connectivity index (χ0n) is 14.8. The Morgan fingerprint density at radius 3 is 2.11 bits per heavy atom. The maximum atomic E-state index is 12.8. The second-order valence-corrected chi connectivity index (χ2v) is 6.14. The fraction of sp³-hybridized carbons (Fsp3) is 0.150. The molecule has 2 aromatic carbocycles. The number of halogens is 1. The van der Waals surface area contributed by atoms with Gasteiger partial charge in [-0.2, -0.15) is 0 Å². The molecule has 0 amide bonds. The smallest absolute Gasteiger partial charge is 0.280 e. The molecule has 3 aromatic rings. The molecule has 0 aliphatic carbocycles. The highest BCUT2D eigenvalue weighted by Gasteiger charge is 2.18. The van der Waals surface area contributed by atoms with Crippen molar-refractivity contribution >= 4 is 17.4 Å². The minimum atomic E-state index is -0.504. The first-order valence-electron chi connectivity index (χ1n) is 8.10. The summed E-state index contributed by atoms with van der Waals surface area (Å²) in [5.74, 6) is 0.838. The molecule has 138 valence electrons. The van der Waals surface area contributed by atoms with Crippen molar-refractivity contribution in [3.8, 4) is 11.5 Å². The number of carbonyl (C=O) groups is 1. The van der Waals surface area contributed by atoms with Crippen molar-refractivity contribution in [2.24, 2.45) is 0 Å². The number of aromatic nitrogens is 2. The Morgan fingerprint density at radius 2 is 1.56 bits per heavy atom. The molecule has 0 radical (unpaired) electrons. The van der Waals surface area contributed by atoms with Gasteiger partial charge < -0.3 is 14.0 Å². The molecule has 0 spiro atoms. The van der Waals surface area contributed by atoms with Gasteiger partial charge in [0, 0.05) is 11.8 Å². The Labute approximate surface area is 161 Å². The lowest BCUT2D eigenvalue weighted by Crippen LogP contribution is -2.28. The van der Waals surface area contributed by atoms with Gasteiger partial charge in [-0.05, 0) is 42.0 Å². The van der Waals surface area contributed by atoms with E-state index in [1.54, 1.807) is 43.5 Å². The summed E-state index contributed by atoms with van der Waals surface area (Å²) in [7, 11) is 3.12. The number of nitrogens with zero attached hydrogens (tertiary/aromatic N) is 2. The Kier molecular flexibility index (Phi) is 5.57. The molecule has 7 heteroatoms. The van der Waals surface area contributed by atoms with E-state index < -0.39 is 11.3 Å². The second-order valence-electron chi connectivity index (χ2n) is 5.75. The fourth-order valence-electron chi connectivity index (χ4n) is 2.58. The minimum Gasteiger partial charge on any atom is -0.497 e. The van der Waals surface area contributed by atoms with E-state index in [0.717, 1.165) is 5.56 Å². The number of carbonyl (C=O) groups excluding carboxylic acids is 1. The molecule has 27 heavy (non-hydrogen) atoms. The highest BCUT2D eigenvalue weighted by Crippen LogP contribution is 2.15. The molecule has 0 N–H and O–H groups in total. The number of ether oxygens (including phenoxy) is 2. The number of ketones is 1. The van der Waals surface area contributed by atoms with Crippen LogP contribution in [-0.2, 0) is 6.54 Å². The average Bonchev–Trinajstić information content (AvgIpc) is 2.70. The van der Waals surface area contributed by atoms with Crippen LogP contribution in [0.1, 0.15) is 21.6 Å². The highest BCUT2D eigenvalue weighted by molar-refractivity contribution is 6.29. The van der Waals surface area contributed by atoms with Crippen LogP contribution in [0.5, 0.6) is 11.5 Å². The van der Waals surface area contributed by atoms with E-state index in [-0.39, 0.29) is 17.4 Å². The van der Waals surface area contributed by atoms with Gasteiger partial charge >= 0.3 is 0 Å². The first-order valence-corrected chi connectivity index (χ1v) is 8.48. The summed E-state index contributed by atoms with van der Waals surface area (Å²) >= 11 is 6.05. The lowest BCUT2D eigenvalue weighted by Gasteiger charge is -2.09. The van der Waals surface area contributed by atoms with Crippen LogP contribution >= 0.6 is 11.6 Å². The van der Waals surface area contributed by atoms with Gasteiger partial charge in [-0.1, -0.05) is 23.7 Å². The fourth-order valence-corrected chi connectivity index (χ4v) is 2.78. The van der Waals surface area contributed by atoms with E-state index >= 15 is 0 Å². The zero-order valence-corrected chi connectivity index (χ0v) is 15.6. The molecule has 3 rings (SSSR count). The zero-order chi connectivity index (χ0) is 19.4. The summed E-state index contributed by atoms with van der Waals surface area (Å²) < 4.78 is 11.6. The second kappa shape index (κ2) is 8.05. The van der Waals surface area contributed by atoms with Gasteiger partial charge in [-0.15, -0.1) is 0 Å². The number of benzene rings is 2. The van der Waals surface area contributed by atoms with Crippen molar-refractivity contribution in [2.45, 2.75) is 6.54 Å². The van der Waals surface area contributed by atoms with Gasteiger partial charge in [0.1, 0.15) is 16.7 Å². The molecule has 0 saturated carbocycles. The maximum absolute atomic E-state index is 12.8. The third kappa shape index (κ3) is 4.17. The summed E-state index contributed by atoms with van der Waals surface area (Å²) in [4.78, 5) is 29.4. The Morgan fingerprint density at radius 1 is 1.00 bits per heavy atom. The standard InChI is InChI=1S/C20H17ClN2O4/c1-26-15-7-3-13(4-8-15)11-23-12-17(21)22-18(20(23)25)19(24)14-5-9-16(27-2)10-6-14/h3-10,12H,11H2,1-2H3. The summed E-state index contributed by atoms with van der Waals surface area (Å²) in [6, 6.07) is 13.7. The SMILES string of the molecule is COc1ccc(Cn2cc(Cl)nc(C(=O)c3ccc(OC)cc3)c2=O)cc1. The minimum absolute atomic E-state index is 0.0694. The van der Waals surface area contributed by atoms with Crippen LogP contribution in [0.4, 0.5) is 0 Å². The van der Waals surface area contributed by atoms with Crippen LogP contribution in [0.25, 0.3) is 0 Å². The van der Waals surface area contributed by atoms with Crippen molar-refractivity contribution in [3.63, 3.8) is 0 Å². The van der Waals surface area contributed by atoms with Gasteiger partial charge in [-0.25, -0.2) is 4.98 Å². The number of rotatable bonds is 6. The van der Waals surface area contributed by atoms with Gasteiger partial charge in [0.25, 0.3) is 5.56 Å².